The van der Waals surface area contributed by atoms with Gasteiger partial charge in [-0.15, -0.1) is 0 Å². The number of aromatic nitrogens is 1. The van der Waals surface area contributed by atoms with E-state index in [2.05, 4.69) is 20.9 Å². The Morgan fingerprint density at radius 3 is 2.79 bits per heavy atom. The van der Waals surface area contributed by atoms with Crippen LogP contribution in [0.4, 0.5) is 0 Å². The van der Waals surface area contributed by atoms with E-state index in [4.69, 9.17) is 5.73 Å². The fourth-order valence-electron chi connectivity index (χ4n) is 1.70. The van der Waals surface area contributed by atoms with Crippen LogP contribution in [0.2, 0.25) is 0 Å². The Labute approximate surface area is 90.8 Å². The first-order chi connectivity index (χ1) is 6.72. The van der Waals surface area contributed by atoms with Gasteiger partial charge in [-0.05, 0) is 34.8 Å². The lowest BCUT2D eigenvalue weighted by atomic mass is 9.82. The van der Waals surface area contributed by atoms with Crippen molar-refractivity contribution in [1.82, 2.24) is 4.98 Å². The van der Waals surface area contributed by atoms with E-state index in [0.717, 1.165) is 10.2 Å². The summed E-state index contributed by atoms with van der Waals surface area (Å²) in [4.78, 5) is 14.4. The van der Waals surface area contributed by atoms with E-state index in [9.17, 15) is 4.79 Å². The van der Waals surface area contributed by atoms with Crippen LogP contribution < -0.4 is 11.3 Å². The summed E-state index contributed by atoms with van der Waals surface area (Å²) in [7, 11) is 0. The zero-order valence-corrected chi connectivity index (χ0v) is 9.43. The van der Waals surface area contributed by atoms with Crippen LogP contribution in [0.3, 0.4) is 0 Å². The van der Waals surface area contributed by atoms with Crippen molar-refractivity contribution in [2.24, 2.45) is 5.73 Å². The first-order valence-corrected chi connectivity index (χ1v) is 5.63. The molecule has 4 heteroatoms. The van der Waals surface area contributed by atoms with E-state index in [1.54, 1.807) is 0 Å². The fourth-order valence-corrected chi connectivity index (χ4v) is 2.40. The number of halogens is 1. The average Bonchev–Trinajstić information content (AvgIpc) is 2.08. The molecule has 0 atom stereocenters. The van der Waals surface area contributed by atoms with Gasteiger partial charge in [0.1, 0.15) is 0 Å². The SMILES string of the molecule is NCc1cc(Br)c(C2CCC2)[nH]c1=O. The lowest BCUT2D eigenvalue weighted by molar-refractivity contribution is 0.409. The second-order valence-electron chi connectivity index (χ2n) is 3.72. The summed E-state index contributed by atoms with van der Waals surface area (Å²) in [5.41, 5.74) is 7.09. The van der Waals surface area contributed by atoms with Crippen LogP contribution in [0, 0.1) is 0 Å². The van der Waals surface area contributed by atoms with Crippen LogP contribution >= 0.6 is 15.9 Å². The van der Waals surface area contributed by atoms with E-state index in [1.165, 1.54) is 19.3 Å². The molecule has 1 aliphatic rings. The molecule has 0 bridgehead atoms. The molecule has 14 heavy (non-hydrogen) atoms. The number of nitrogens with one attached hydrogen (secondary N) is 1. The maximum Gasteiger partial charge on any atom is 0.252 e. The molecule has 1 saturated carbocycles. The van der Waals surface area contributed by atoms with Crippen LogP contribution in [0.1, 0.15) is 36.4 Å². The third-order valence-electron chi connectivity index (χ3n) is 2.83. The van der Waals surface area contributed by atoms with Gasteiger partial charge in [0.05, 0.1) is 0 Å². The van der Waals surface area contributed by atoms with Crippen molar-refractivity contribution in [3.05, 3.63) is 32.2 Å². The summed E-state index contributed by atoms with van der Waals surface area (Å²) >= 11 is 3.47. The molecular formula is C10H13BrN2O. The highest BCUT2D eigenvalue weighted by Crippen LogP contribution is 2.38. The zero-order chi connectivity index (χ0) is 10.1. The maximum absolute atomic E-state index is 11.5. The van der Waals surface area contributed by atoms with E-state index in [1.807, 2.05) is 6.07 Å². The van der Waals surface area contributed by atoms with Crippen molar-refractivity contribution in [3.8, 4) is 0 Å². The summed E-state index contributed by atoms with van der Waals surface area (Å²) in [6.07, 6.45) is 3.62. The van der Waals surface area contributed by atoms with Crippen LogP contribution in [-0.2, 0) is 6.54 Å². The van der Waals surface area contributed by atoms with Crippen molar-refractivity contribution in [3.63, 3.8) is 0 Å². The number of pyridine rings is 1. The fraction of sp³-hybridized carbons (Fsp3) is 0.500. The Balaban J connectivity index is 2.41. The summed E-state index contributed by atoms with van der Waals surface area (Å²) in [6, 6.07) is 1.84. The van der Waals surface area contributed by atoms with Gasteiger partial charge in [-0.2, -0.15) is 0 Å². The molecule has 0 spiro atoms. The van der Waals surface area contributed by atoms with Gasteiger partial charge < -0.3 is 10.7 Å². The molecule has 1 fully saturated rings. The average molecular weight is 257 g/mol. The Morgan fingerprint density at radius 2 is 2.29 bits per heavy atom. The first-order valence-electron chi connectivity index (χ1n) is 4.84. The van der Waals surface area contributed by atoms with Crippen molar-refractivity contribution >= 4 is 15.9 Å². The molecule has 0 saturated heterocycles. The Bertz CT molecular complexity index is 396. The van der Waals surface area contributed by atoms with Gasteiger partial charge in [0.2, 0.25) is 0 Å². The topological polar surface area (TPSA) is 58.9 Å². The summed E-state index contributed by atoms with van der Waals surface area (Å²) in [5.74, 6) is 0.531. The van der Waals surface area contributed by atoms with Gasteiger partial charge >= 0.3 is 0 Å². The minimum absolute atomic E-state index is 0.0439. The van der Waals surface area contributed by atoms with Crippen LogP contribution in [-0.4, -0.2) is 4.98 Å². The van der Waals surface area contributed by atoms with Crippen molar-refractivity contribution in [2.45, 2.75) is 31.7 Å². The summed E-state index contributed by atoms with van der Waals surface area (Å²) in [6.45, 7) is 0.291. The van der Waals surface area contributed by atoms with E-state index < -0.39 is 0 Å². The van der Waals surface area contributed by atoms with E-state index in [-0.39, 0.29) is 5.56 Å². The summed E-state index contributed by atoms with van der Waals surface area (Å²) < 4.78 is 0.988. The van der Waals surface area contributed by atoms with Gasteiger partial charge in [-0.1, -0.05) is 6.42 Å². The highest BCUT2D eigenvalue weighted by molar-refractivity contribution is 9.10. The van der Waals surface area contributed by atoms with Gasteiger partial charge in [0.25, 0.3) is 5.56 Å². The van der Waals surface area contributed by atoms with Crippen molar-refractivity contribution in [2.75, 3.05) is 0 Å². The number of aromatic amines is 1. The number of H-pyrrole nitrogens is 1. The molecule has 1 aromatic rings. The highest BCUT2D eigenvalue weighted by atomic mass is 79.9. The normalized spacial score (nSPS) is 16.7. The Hall–Kier alpha value is -0.610. The summed E-state index contributed by atoms with van der Waals surface area (Å²) in [5, 5.41) is 0. The minimum atomic E-state index is -0.0439. The molecule has 0 aromatic carbocycles. The zero-order valence-electron chi connectivity index (χ0n) is 7.85. The van der Waals surface area contributed by atoms with Crippen LogP contribution in [0.15, 0.2) is 15.3 Å². The molecule has 0 aliphatic heterocycles. The molecule has 76 valence electrons. The van der Waals surface area contributed by atoms with Gasteiger partial charge in [0, 0.05) is 28.2 Å². The molecule has 3 nitrogen and oxygen atoms in total. The molecule has 1 aliphatic carbocycles. The molecule has 0 unspecified atom stereocenters. The highest BCUT2D eigenvalue weighted by Gasteiger charge is 2.22. The third kappa shape index (κ3) is 1.64. The third-order valence-corrected chi connectivity index (χ3v) is 3.49. The predicted molar refractivity (Wildman–Crippen MR) is 59.2 cm³/mol. The second-order valence-corrected chi connectivity index (χ2v) is 4.57. The second kappa shape index (κ2) is 3.87. The molecule has 0 radical (unpaired) electrons. The largest absolute Gasteiger partial charge is 0.326 e. The van der Waals surface area contributed by atoms with Crippen LogP contribution in [0.5, 0.6) is 0 Å². The quantitative estimate of drug-likeness (QED) is 0.849. The van der Waals surface area contributed by atoms with Crippen molar-refractivity contribution in [1.29, 1.82) is 0 Å². The van der Waals surface area contributed by atoms with E-state index in [0.29, 0.717) is 18.0 Å². The van der Waals surface area contributed by atoms with E-state index >= 15 is 0 Å². The lowest BCUT2D eigenvalue weighted by Gasteiger charge is -2.26. The number of hydrogen-bond donors (Lipinski definition) is 2. The van der Waals surface area contributed by atoms with Crippen molar-refractivity contribution < 1.29 is 0 Å². The standard InChI is InChI=1S/C10H13BrN2O/c11-8-4-7(5-12)10(14)13-9(8)6-2-1-3-6/h4,6H,1-3,5,12H2,(H,13,14). The number of rotatable bonds is 2. The minimum Gasteiger partial charge on any atom is -0.326 e. The van der Waals surface area contributed by atoms with Crippen LogP contribution in [0.25, 0.3) is 0 Å². The number of hydrogen-bond acceptors (Lipinski definition) is 2. The Morgan fingerprint density at radius 1 is 1.57 bits per heavy atom. The molecule has 1 heterocycles. The Kier molecular flexibility index (Phi) is 2.74. The van der Waals surface area contributed by atoms with Gasteiger partial charge in [-0.25, -0.2) is 0 Å². The maximum atomic E-state index is 11.5. The molecule has 2 rings (SSSR count). The smallest absolute Gasteiger partial charge is 0.252 e. The predicted octanol–water partition coefficient (Wildman–Crippen LogP) is 1.86. The lowest BCUT2D eigenvalue weighted by Crippen LogP contribution is -2.21. The molecule has 1 aromatic heterocycles. The molecular weight excluding hydrogens is 244 g/mol. The van der Waals surface area contributed by atoms with Gasteiger partial charge in [0.15, 0.2) is 0 Å². The monoisotopic (exact) mass is 256 g/mol. The van der Waals surface area contributed by atoms with Gasteiger partial charge in [-0.3, -0.25) is 4.79 Å². The molecule has 0 amide bonds. The number of nitrogens with two attached hydrogens (primary N) is 1. The first kappa shape index (κ1) is 9.93. The molecule has 3 N–H and O–H groups in total.